The van der Waals surface area contributed by atoms with Crippen molar-refractivity contribution in [3.05, 3.63) is 71.8 Å². The van der Waals surface area contributed by atoms with E-state index in [1.54, 1.807) is 18.9 Å². The second-order valence-corrected chi connectivity index (χ2v) is 11.6. The molecule has 3 N–H and O–H groups in total. The minimum Gasteiger partial charge on any atom is -0.341 e. The Balaban J connectivity index is 1.55. The lowest BCUT2D eigenvalue weighted by Gasteiger charge is -2.40. The first-order valence-electron chi connectivity index (χ1n) is 14.7. The van der Waals surface area contributed by atoms with Crippen molar-refractivity contribution in [3.63, 3.8) is 0 Å². The average Bonchev–Trinajstić information content (AvgIpc) is 3.35. The van der Waals surface area contributed by atoms with E-state index in [9.17, 15) is 14.4 Å². The number of hydrogen-bond donors (Lipinski definition) is 3. The third kappa shape index (κ3) is 7.29. The molecule has 3 amide bonds. The van der Waals surface area contributed by atoms with Crippen LogP contribution in [0.25, 0.3) is 0 Å². The van der Waals surface area contributed by atoms with Gasteiger partial charge in [0.1, 0.15) is 6.04 Å². The molecule has 2 saturated heterocycles. The lowest BCUT2D eigenvalue weighted by atomic mass is 9.98. The highest BCUT2D eigenvalue weighted by Crippen LogP contribution is 2.30. The van der Waals surface area contributed by atoms with E-state index in [1.165, 1.54) is 11.1 Å². The molecule has 4 atom stereocenters. The zero-order valence-electron chi connectivity index (χ0n) is 24.3. The number of benzene rings is 2. The Kier molecular flexibility index (Phi) is 10.3. The summed E-state index contributed by atoms with van der Waals surface area (Å²) in [6, 6.07) is 19.6. The zero-order valence-corrected chi connectivity index (χ0v) is 24.3. The van der Waals surface area contributed by atoms with Gasteiger partial charge in [0.05, 0.1) is 12.1 Å². The quantitative estimate of drug-likeness (QED) is 0.425. The summed E-state index contributed by atoms with van der Waals surface area (Å²) in [5.41, 5.74) is 2.35. The van der Waals surface area contributed by atoms with Crippen molar-refractivity contribution in [3.8, 4) is 0 Å². The lowest BCUT2D eigenvalue weighted by Crippen LogP contribution is -2.61. The standard InChI is InChI=1S/C32H45N5O3/c1-22(2)19-29(38)36-18-17-26-15-16-27(37(26)32(40)28(21-36)35-31(39)23(3)33-4)20-34-30(24-11-7-5-8-12-24)25-13-9-6-10-14-25/h5-14,22-23,26-28,30,33-34H,15-21H2,1-4H3,(H,35,39)/t23-,26+,27-,28-/m0/s1. The maximum absolute atomic E-state index is 14.1. The summed E-state index contributed by atoms with van der Waals surface area (Å²) >= 11 is 0. The second-order valence-electron chi connectivity index (χ2n) is 11.6. The predicted octanol–water partition coefficient (Wildman–Crippen LogP) is 3.10. The van der Waals surface area contributed by atoms with Gasteiger partial charge in [-0.1, -0.05) is 74.5 Å². The molecule has 0 radical (unpaired) electrons. The molecule has 2 fully saturated rings. The molecule has 2 aliphatic rings. The van der Waals surface area contributed by atoms with E-state index in [4.69, 9.17) is 0 Å². The normalized spacial score (nSPS) is 22.1. The minimum atomic E-state index is -0.776. The first kappa shape index (κ1) is 29.7. The SMILES string of the molecule is CN[C@@H](C)C(=O)N[C@H]1CN(C(=O)CC(C)C)CC[C@H]2CC[C@@H](CNC(c3ccccc3)c3ccccc3)N2C1=O. The molecule has 8 nitrogen and oxygen atoms in total. The first-order valence-corrected chi connectivity index (χ1v) is 14.7. The molecule has 2 heterocycles. The molecule has 2 aromatic rings. The van der Waals surface area contributed by atoms with Crippen LogP contribution in [0, 0.1) is 5.92 Å². The van der Waals surface area contributed by atoms with Crippen LogP contribution in [-0.4, -0.2) is 78.4 Å². The van der Waals surface area contributed by atoms with E-state index in [-0.39, 0.29) is 48.3 Å². The highest BCUT2D eigenvalue weighted by Gasteiger charge is 2.43. The van der Waals surface area contributed by atoms with Crippen molar-refractivity contribution < 1.29 is 14.4 Å². The molecule has 4 rings (SSSR count). The van der Waals surface area contributed by atoms with Crippen molar-refractivity contribution in [1.29, 1.82) is 0 Å². The Hall–Kier alpha value is -3.23. The van der Waals surface area contributed by atoms with Crippen LogP contribution < -0.4 is 16.0 Å². The molecule has 0 aromatic heterocycles. The van der Waals surface area contributed by atoms with Crippen LogP contribution in [0.15, 0.2) is 60.7 Å². The number of amides is 3. The number of carbonyl (C=O) groups excluding carboxylic acids is 3. The second kappa shape index (κ2) is 13.9. The first-order chi connectivity index (χ1) is 19.3. The van der Waals surface area contributed by atoms with Gasteiger partial charge >= 0.3 is 0 Å². The molecule has 8 heteroatoms. The van der Waals surface area contributed by atoms with Crippen LogP contribution >= 0.6 is 0 Å². The molecular formula is C32H45N5O3. The van der Waals surface area contributed by atoms with Gasteiger partial charge in [-0.2, -0.15) is 0 Å². The molecule has 2 aliphatic heterocycles. The van der Waals surface area contributed by atoms with Gasteiger partial charge in [0, 0.05) is 38.1 Å². The fourth-order valence-corrected chi connectivity index (χ4v) is 5.89. The van der Waals surface area contributed by atoms with Crippen LogP contribution in [0.3, 0.4) is 0 Å². The molecule has 216 valence electrons. The van der Waals surface area contributed by atoms with Gasteiger partial charge in [-0.3, -0.25) is 14.4 Å². The molecule has 40 heavy (non-hydrogen) atoms. The Labute approximate surface area is 238 Å². The van der Waals surface area contributed by atoms with E-state index < -0.39 is 12.1 Å². The minimum absolute atomic E-state index is 0.00225. The van der Waals surface area contributed by atoms with Gasteiger partial charge in [-0.15, -0.1) is 0 Å². The number of rotatable bonds is 10. The van der Waals surface area contributed by atoms with Gasteiger partial charge in [-0.25, -0.2) is 0 Å². The van der Waals surface area contributed by atoms with E-state index in [2.05, 4.69) is 40.2 Å². The smallest absolute Gasteiger partial charge is 0.247 e. The van der Waals surface area contributed by atoms with Gasteiger partial charge < -0.3 is 25.8 Å². The van der Waals surface area contributed by atoms with Gasteiger partial charge in [0.15, 0.2) is 0 Å². The fraction of sp³-hybridized carbons (Fsp3) is 0.531. The van der Waals surface area contributed by atoms with Crippen LogP contribution in [0.5, 0.6) is 0 Å². The Bertz CT molecular complexity index is 1090. The summed E-state index contributed by atoms with van der Waals surface area (Å²) in [5.74, 6) is -0.0613. The van der Waals surface area contributed by atoms with Gasteiger partial charge in [-0.05, 0) is 50.3 Å². The third-order valence-electron chi connectivity index (χ3n) is 8.21. The summed E-state index contributed by atoms with van der Waals surface area (Å²) < 4.78 is 0. The summed E-state index contributed by atoms with van der Waals surface area (Å²) in [6.45, 7) is 7.24. The van der Waals surface area contributed by atoms with E-state index in [0.717, 1.165) is 19.3 Å². The van der Waals surface area contributed by atoms with Crippen molar-refractivity contribution in [2.24, 2.45) is 5.92 Å². The largest absolute Gasteiger partial charge is 0.341 e. The Morgan fingerprint density at radius 1 is 0.925 bits per heavy atom. The Morgan fingerprint density at radius 2 is 1.55 bits per heavy atom. The van der Waals surface area contributed by atoms with Crippen molar-refractivity contribution >= 4 is 17.7 Å². The van der Waals surface area contributed by atoms with Crippen molar-refractivity contribution in [1.82, 2.24) is 25.8 Å². The summed E-state index contributed by atoms with van der Waals surface area (Å²) in [6.07, 6.45) is 2.95. The molecule has 0 bridgehead atoms. The fourth-order valence-electron chi connectivity index (χ4n) is 5.89. The van der Waals surface area contributed by atoms with Gasteiger partial charge in [0.25, 0.3) is 0 Å². The molecule has 0 saturated carbocycles. The number of carbonyl (C=O) groups is 3. The number of nitrogens with zero attached hydrogens (tertiary/aromatic N) is 2. The molecular weight excluding hydrogens is 502 g/mol. The highest BCUT2D eigenvalue weighted by atomic mass is 16.2. The number of nitrogens with one attached hydrogen (secondary N) is 3. The number of likely N-dealkylation sites (N-methyl/N-ethyl adjacent to an activating group) is 1. The summed E-state index contributed by atoms with van der Waals surface area (Å²) in [4.78, 5) is 43.9. The Morgan fingerprint density at radius 3 is 2.12 bits per heavy atom. The van der Waals surface area contributed by atoms with E-state index >= 15 is 0 Å². The lowest BCUT2D eigenvalue weighted by molar-refractivity contribution is -0.144. The van der Waals surface area contributed by atoms with Crippen LogP contribution in [0.4, 0.5) is 0 Å². The topological polar surface area (TPSA) is 93.8 Å². The monoisotopic (exact) mass is 547 g/mol. The molecule has 2 aromatic carbocycles. The number of fused-ring (bicyclic) bond motifs is 1. The maximum Gasteiger partial charge on any atom is 0.247 e. The average molecular weight is 548 g/mol. The van der Waals surface area contributed by atoms with E-state index in [1.807, 2.05) is 55.1 Å². The summed E-state index contributed by atoms with van der Waals surface area (Å²) in [5, 5.41) is 9.68. The third-order valence-corrected chi connectivity index (χ3v) is 8.21. The molecule has 0 aliphatic carbocycles. The van der Waals surface area contributed by atoms with E-state index in [0.29, 0.717) is 19.5 Å². The predicted molar refractivity (Wildman–Crippen MR) is 157 cm³/mol. The van der Waals surface area contributed by atoms with Crippen LogP contribution in [-0.2, 0) is 14.4 Å². The molecule has 0 unspecified atom stereocenters. The van der Waals surface area contributed by atoms with Crippen molar-refractivity contribution in [2.45, 2.75) is 76.7 Å². The zero-order chi connectivity index (χ0) is 28.6. The molecule has 0 spiro atoms. The summed E-state index contributed by atoms with van der Waals surface area (Å²) in [7, 11) is 1.72. The van der Waals surface area contributed by atoms with Crippen LogP contribution in [0.2, 0.25) is 0 Å². The maximum atomic E-state index is 14.1. The van der Waals surface area contributed by atoms with Crippen molar-refractivity contribution in [2.75, 3.05) is 26.7 Å². The van der Waals surface area contributed by atoms with Crippen LogP contribution in [0.1, 0.15) is 63.6 Å². The highest BCUT2D eigenvalue weighted by molar-refractivity contribution is 5.91. The van der Waals surface area contributed by atoms with Gasteiger partial charge in [0.2, 0.25) is 17.7 Å². The number of hydrogen-bond acceptors (Lipinski definition) is 5.